The largest absolute Gasteiger partial charge is 0.444 e. The summed E-state index contributed by atoms with van der Waals surface area (Å²) in [6, 6.07) is 10.8. The summed E-state index contributed by atoms with van der Waals surface area (Å²) in [6.45, 7) is 5.46. The monoisotopic (exact) mass is 371 g/mol. The number of nitrogens with zero attached hydrogens (tertiary/aromatic N) is 1. The lowest BCUT2D eigenvalue weighted by Gasteiger charge is -2.19. The van der Waals surface area contributed by atoms with Crippen LogP contribution in [0.3, 0.4) is 0 Å². The second-order valence-electron chi connectivity index (χ2n) is 7.17. The Balaban J connectivity index is 1.81. The Morgan fingerprint density at radius 1 is 1.12 bits per heavy atom. The number of benzene rings is 2. The molecule has 0 fully saturated rings. The highest BCUT2D eigenvalue weighted by Crippen LogP contribution is 2.39. The molecule has 136 valence electrons. The standard InChI is InChI=1S/C19H21N3O3S/c1-19(2,3)25-18(24)21-13-4-6-15-11(9-13)8-12-10-14(5-7-16(12)15)22(26)17(20)23/h4-7,9-10,26H,8H2,1-3H3,(H2,20,23)(H,21,24). The highest BCUT2D eigenvalue weighted by atomic mass is 32.1. The van der Waals surface area contributed by atoms with Gasteiger partial charge in [0.15, 0.2) is 0 Å². The van der Waals surface area contributed by atoms with E-state index in [1.165, 1.54) is 0 Å². The van der Waals surface area contributed by atoms with E-state index in [9.17, 15) is 9.59 Å². The maximum atomic E-state index is 11.9. The van der Waals surface area contributed by atoms with Gasteiger partial charge in [0, 0.05) is 5.69 Å². The van der Waals surface area contributed by atoms with Crippen LogP contribution < -0.4 is 15.4 Å². The molecule has 0 aromatic heterocycles. The van der Waals surface area contributed by atoms with Gasteiger partial charge in [-0.05, 0) is 73.7 Å². The SMILES string of the molecule is CC(C)(C)OC(=O)Nc1ccc2c(c1)Cc1cc(N(S)C(N)=O)ccc1-2. The molecule has 0 bridgehead atoms. The van der Waals surface area contributed by atoms with E-state index in [1.807, 2.05) is 51.1 Å². The van der Waals surface area contributed by atoms with Crippen LogP contribution in [0.4, 0.5) is 21.0 Å². The molecule has 1 aliphatic carbocycles. The van der Waals surface area contributed by atoms with Gasteiger partial charge in [-0.3, -0.25) is 5.32 Å². The second kappa shape index (κ2) is 6.57. The van der Waals surface area contributed by atoms with Crippen LogP contribution >= 0.6 is 12.8 Å². The third kappa shape index (κ3) is 3.77. The molecule has 3 amide bonds. The van der Waals surface area contributed by atoms with Crippen molar-refractivity contribution in [3.63, 3.8) is 0 Å². The zero-order chi connectivity index (χ0) is 19.1. The predicted molar refractivity (Wildman–Crippen MR) is 106 cm³/mol. The number of carbonyl (C=O) groups is 2. The number of primary amides is 1. The van der Waals surface area contributed by atoms with Crippen molar-refractivity contribution in [2.24, 2.45) is 5.73 Å². The van der Waals surface area contributed by atoms with Gasteiger partial charge in [0.1, 0.15) is 5.60 Å². The number of urea groups is 1. The number of hydrogen-bond acceptors (Lipinski definition) is 4. The average molecular weight is 371 g/mol. The van der Waals surface area contributed by atoms with Crippen molar-refractivity contribution in [2.75, 3.05) is 9.62 Å². The number of amides is 3. The molecule has 0 heterocycles. The molecule has 0 saturated carbocycles. The van der Waals surface area contributed by atoms with Crippen LogP contribution in [-0.4, -0.2) is 17.7 Å². The molecule has 0 spiro atoms. The van der Waals surface area contributed by atoms with Gasteiger partial charge in [0.25, 0.3) is 0 Å². The van der Waals surface area contributed by atoms with Gasteiger partial charge >= 0.3 is 12.1 Å². The molecule has 2 aromatic rings. The van der Waals surface area contributed by atoms with Crippen molar-refractivity contribution in [1.82, 2.24) is 0 Å². The van der Waals surface area contributed by atoms with Crippen molar-refractivity contribution < 1.29 is 14.3 Å². The van der Waals surface area contributed by atoms with Gasteiger partial charge in [-0.15, -0.1) is 0 Å². The summed E-state index contributed by atoms with van der Waals surface area (Å²) in [7, 11) is 0. The van der Waals surface area contributed by atoms with E-state index in [4.69, 9.17) is 10.5 Å². The molecular weight excluding hydrogens is 350 g/mol. The number of carbonyl (C=O) groups excluding carboxylic acids is 2. The maximum absolute atomic E-state index is 11.9. The first-order valence-corrected chi connectivity index (χ1v) is 8.59. The van der Waals surface area contributed by atoms with E-state index in [0.29, 0.717) is 17.8 Å². The Kier molecular flexibility index (Phi) is 4.58. The number of nitrogens with two attached hydrogens (primary N) is 1. The van der Waals surface area contributed by atoms with Crippen molar-refractivity contribution in [3.8, 4) is 11.1 Å². The summed E-state index contributed by atoms with van der Waals surface area (Å²) >= 11 is 4.10. The van der Waals surface area contributed by atoms with Crippen molar-refractivity contribution in [2.45, 2.75) is 32.8 Å². The first-order valence-electron chi connectivity index (χ1n) is 8.19. The minimum atomic E-state index is -0.632. The van der Waals surface area contributed by atoms with Crippen molar-refractivity contribution in [3.05, 3.63) is 47.5 Å². The molecule has 0 unspecified atom stereocenters. The Hall–Kier alpha value is -2.67. The smallest absolute Gasteiger partial charge is 0.412 e. The summed E-state index contributed by atoms with van der Waals surface area (Å²) in [4.78, 5) is 23.2. The molecule has 7 heteroatoms. The fraction of sp³-hybridized carbons (Fsp3) is 0.263. The molecule has 2 aromatic carbocycles. The van der Waals surface area contributed by atoms with E-state index < -0.39 is 17.7 Å². The van der Waals surface area contributed by atoms with E-state index in [2.05, 4.69) is 18.1 Å². The summed E-state index contributed by atoms with van der Waals surface area (Å²) in [5.74, 6) is 0. The lowest BCUT2D eigenvalue weighted by molar-refractivity contribution is 0.0636. The Bertz CT molecular complexity index is 890. The van der Waals surface area contributed by atoms with Gasteiger partial charge in [0.05, 0.1) is 5.69 Å². The summed E-state index contributed by atoms with van der Waals surface area (Å²) in [5.41, 5.74) is 10.4. The summed E-state index contributed by atoms with van der Waals surface area (Å²) in [5, 5.41) is 2.76. The molecule has 0 saturated heterocycles. The molecule has 1 aliphatic rings. The van der Waals surface area contributed by atoms with Crippen LogP contribution in [0.15, 0.2) is 36.4 Å². The Labute approximate surface area is 157 Å². The molecule has 3 rings (SSSR count). The Morgan fingerprint density at radius 2 is 1.73 bits per heavy atom. The molecule has 0 radical (unpaired) electrons. The van der Waals surface area contributed by atoms with E-state index in [1.54, 1.807) is 6.07 Å². The highest BCUT2D eigenvalue weighted by molar-refractivity contribution is 7.82. The Morgan fingerprint density at radius 3 is 2.35 bits per heavy atom. The van der Waals surface area contributed by atoms with Crippen molar-refractivity contribution in [1.29, 1.82) is 0 Å². The first-order chi connectivity index (χ1) is 12.1. The topological polar surface area (TPSA) is 84.7 Å². The lowest BCUT2D eigenvalue weighted by Crippen LogP contribution is -2.27. The number of hydrogen-bond donors (Lipinski definition) is 3. The number of thiol groups is 1. The molecule has 0 atom stereocenters. The molecular formula is C19H21N3O3S. The predicted octanol–water partition coefficient (Wildman–Crippen LogP) is 4.33. The first kappa shape index (κ1) is 18.1. The summed E-state index contributed by atoms with van der Waals surface area (Å²) in [6.07, 6.45) is 0.213. The van der Waals surface area contributed by atoms with Gasteiger partial charge in [-0.25, -0.2) is 13.9 Å². The van der Waals surface area contributed by atoms with Gasteiger partial charge in [0.2, 0.25) is 0 Å². The lowest BCUT2D eigenvalue weighted by atomic mass is 10.1. The zero-order valence-electron chi connectivity index (χ0n) is 14.9. The van der Waals surface area contributed by atoms with Crippen LogP contribution in [0.2, 0.25) is 0 Å². The van der Waals surface area contributed by atoms with E-state index >= 15 is 0 Å². The number of ether oxygens (including phenoxy) is 1. The van der Waals surface area contributed by atoms with E-state index in [-0.39, 0.29) is 0 Å². The van der Waals surface area contributed by atoms with Crippen molar-refractivity contribution >= 4 is 36.3 Å². The van der Waals surface area contributed by atoms with Gasteiger partial charge in [-0.1, -0.05) is 24.9 Å². The number of anilines is 2. The van der Waals surface area contributed by atoms with Gasteiger partial charge in [-0.2, -0.15) is 0 Å². The quantitative estimate of drug-likeness (QED) is 0.586. The number of fused-ring (bicyclic) bond motifs is 3. The van der Waals surface area contributed by atoms with Crippen LogP contribution in [0, 0.1) is 0 Å². The third-order valence-electron chi connectivity index (χ3n) is 3.96. The van der Waals surface area contributed by atoms with Gasteiger partial charge < -0.3 is 10.5 Å². The van der Waals surface area contributed by atoms with Crippen LogP contribution in [0.1, 0.15) is 31.9 Å². The zero-order valence-corrected chi connectivity index (χ0v) is 15.8. The number of rotatable bonds is 2. The fourth-order valence-electron chi connectivity index (χ4n) is 2.96. The average Bonchev–Trinajstić information content (AvgIpc) is 2.88. The second-order valence-corrected chi connectivity index (χ2v) is 7.57. The minimum absolute atomic E-state index is 0.484. The molecule has 3 N–H and O–H groups in total. The molecule has 26 heavy (non-hydrogen) atoms. The third-order valence-corrected chi connectivity index (χ3v) is 4.39. The number of nitrogens with one attached hydrogen (secondary N) is 1. The normalized spacial score (nSPS) is 12.2. The maximum Gasteiger partial charge on any atom is 0.412 e. The van der Waals surface area contributed by atoms with Crippen LogP contribution in [0.5, 0.6) is 0 Å². The molecule has 0 aliphatic heterocycles. The summed E-state index contributed by atoms with van der Waals surface area (Å²) < 4.78 is 6.39. The minimum Gasteiger partial charge on any atom is -0.444 e. The fourth-order valence-corrected chi connectivity index (χ4v) is 3.08. The van der Waals surface area contributed by atoms with Crippen LogP contribution in [0.25, 0.3) is 11.1 Å². The van der Waals surface area contributed by atoms with Crippen LogP contribution in [-0.2, 0) is 11.2 Å². The highest BCUT2D eigenvalue weighted by Gasteiger charge is 2.22. The molecule has 6 nitrogen and oxygen atoms in total. The van der Waals surface area contributed by atoms with E-state index in [0.717, 1.165) is 26.6 Å².